The molecule has 0 saturated heterocycles. The topological polar surface area (TPSA) is 90.4 Å². The molecule has 4 rings (SSSR count). The third-order valence-corrected chi connectivity index (χ3v) is 4.79. The highest BCUT2D eigenvalue weighted by atomic mass is 19.4. The fourth-order valence-corrected chi connectivity index (χ4v) is 3.17. The van der Waals surface area contributed by atoms with E-state index < -0.39 is 17.7 Å². The molecule has 2 aromatic heterocycles. The van der Waals surface area contributed by atoms with Gasteiger partial charge in [-0.05, 0) is 30.7 Å². The summed E-state index contributed by atoms with van der Waals surface area (Å²) in [7, 11) is 0. The van der Waals surface area contributed by atoms with E-state index in [1.807, 2.05) is 6.07 Å². The van der Waals surface area contributed by atoms with Crippen LogP contribution in [0, 0.1) is 0 Å². The van der Waals surface area contributed by atoms with Gasteiger partial charge in [0.25, 0.3) is 0 Å². The van der Waals surface area contributed by atoms with Crippen molar-refractivity contribution in [2.75, 3.05) is 6.61 Å². The summed E-state index contributed by atoms with van der Waals surface area (Å²) in [4.78, 5) is 11.5. The van der Waals surface area contributed by atoms with Crippen molar-refractivity contribution in [3.05, 3.63) is 83.7 Å². The number of alkyl halides is 3. The minimum absolute atomic E-state index is 0.0207. The Hall–Kier alpha value is -4.08. The number of carbonyl (C=O) groups is 1. The summed E-state index contributed by atoms with van der Waals surface area (Å²) < 4.78 is 50.2. The van der Waals surface area contributed by atoms with Gasteiger partial charge >= 0.3 is 12.1 Å². The van der Waals surface area contributed by atoms with Gasteiger partial charge in [0.05, 0.1) is 17.9 Å². The lowest BCUT2D eigenvalue weighted by atomic mass is 10.1. The Morgan fingerprint density at radius 1 is 1.06 bits per heavy atom. The molecule has 2 heterocycles. The normalized spacial score (nSPS) is 11.5. The van der Waals surface area contributed by atoms with Gasteiger partial charge in [-0.3, -0.25) is 0 Å². The molecular weight excluding hydrogens is 439 g/mol. The zero-order valence-corrected chi connectivity index (χ0v) is 17.1. The zero-order valence-electron chi connectivity index (χ0n) is 17.1. The largest absolute Gasteiger partial charge is 0.477 e. The Morgan fingerprint density at radius 3 is 2.45 bits per heavy atom. The van der Waals surface area contributed by atoms with E-state index in [1.165, 1.54) is 22.9 Å². The van der Waals surface area contributed by atoms with E-state index in [2.05, 4.69) is 10.3 Å². The first-order valence-electron chi connectivity index (χ1n) is 9.96. The van der Waals surface area contributed by atoms with Crippen molar-refractivity contribution in [1.82, 2.24) is 14.9 Å². The maximum absolute atomic E-state index is 12.7. The van der Waals surface area contributed by atoms with E-state index in [1.54, 1.807) is 30.3 Å². The predicted molar refractivity (Wildman–Crippen MR) is 111 cm³/mol. The van der Waals surface area contributed by atoms with Crippen LogP contribution >= 0.6 is 0 Å². The number of rotatable bonds is 8. The molecule has 4 aromatic rings. The van der Waals surface area contributed by atoms with Gasteiger partial charge in [0, 0.05) is 24.1 Å². The van der Waals surface area contributed by atoms with E-state index in [0.717, 1.165) is 12.1 Å². The van der Waals surface area contributed by atoms with Crippen LogP contribution in [0.15, 0.2) is 71.3 Å². The Morgan fingerprint density at radius 2 is 1.79 bits per heavy atom. The van der Waals surface area contributed by atoms with Crippen LogP contribution in [0.3, 0.4) is 0 Å². The SMILES string of the molecule is O=C(O)c1cc(OCCCc2cc(-c3ccc(C(F)(F)F)cc3)no2)nn1-c1ccccc1. The van der Waals surface area contributed by atoms with Crippen molar-refractivity contribution in [3.8, 4) is 22.8 Å². The van der Waals surface area contributed by atoms with E-state index in [0.29, 0.717) is 35.5 Å². The van der Waals surface area contributed by atoms with Crippen molar-refractivity contribution >= 4 is 5.97 Å². The molecule has 0 aliphatic heterocycles. The molecule has 170 valence electrons. The minimum Gasteiger partial charge on any atom is -0.477 e. The van der Waals surface area contributed by atoms with Crippen LogP contribution in [-0.4, -0.2) is 32.6 Å². The third-order valence-electron chi connectivity index (χ3n) is 4.79. The summed E-state index contributed by atoms with van der Waals surface area (Å²) in [5, 5.41) is 17.5. The molecule has 10 heteroatoms. The number of nitrogens with zero attached hydrogens (tertiary/aromatic N) is 3. The lowest BCUT2D eigenvalue weighted by molar-refractivity contribution is -0.137. The molecule has 1 N–H and O–H groups in total. The van der Waals surface area contributed by atoms with Crippen LogP contribution in [0.2, 0.25) is 0 Å². The number of hydrogen-bond donors (Lipinski definition) is 1. The second-order valence-electron chi connectivity index (χ2n) is 7.13. The van der Waals surface area contributed by atoms with Gasteiger partial charge in [-0.2, -0.15) is 13.2 Å². The molecule has 0 spiro atoms. The van der Waals surface area contributed by atoms with Crippen molar-refractivity contribution < 1.29 is 32.3 Å². The molecule has 0 atom stereocenters. The molecule has 0 aliphatic rings. The Kier molecular flexibility index (Phi) is 6.16. The van der Waals surface area contributed by atoms with Crippen LogP contribution in [0.5, 0.6) is 5.88 Å². The maximum Gasteiger partial charge on any atom is 0.416 e. The summed E-state index contributed by atoms with van der Waals surface area (Å²) in [6, 6.07) is 16.5. The summed E-state index contributed by atoms with van der Waals surface area (Å²) >= 11 is 0. The molecule has 0 amide bonds. The zero-order chi connectivity index (χ0) is 23.4. The van der Waals surface area contributed by atoms with Gasteiger partial charge in [0.15, 0.2) is 5.69 Å². The second-order valence-corrected chi connectivity index (χ2v) is 7.13. The second kappa shape index (κ2) is 9.19. The van der Waals surface area contributed by atoms with E-state index >= 15 is 0 Å². The molecule has 0 radical (unpaired) electrons. The Bertz CT molecular complexity index is 1230. The molecule has 0 bridgehead atoms. The Balaban J connectivity index is 1.34. The van der Waals surface area contributed by atoms with E-state index in [9.17, 15) is 23.1 Å². The lowest BCUT2D eigenvalue weighted by Crippen LogP contribution is -2.07. The first-order chi connectivity index (χ1) is 15.8. The molecule has 0 fully saturated rings. The smallest absolute Gasteiger partial charge is 0.416 e. The van der Waals surface area contributed by atoms with Gasteiger partial charge in [0.2, 0.25) is 5.88 Å². The van der Waals surface area contributed by atoms with Crippen molar-refractivity contribution in [2.45, 2.75) is 19.0 Å². The summed E-state index contributed by atoms with van der Waals surface area (Å²) in [5.41, 5.74) is 0.803. The molecular formula is C23H18F3N3O4. The highest BCUT2D eigenvalue weighted by Gasteiger charge is 2.30. The first-order valence-corrected chi connectivity index (χ1v) is 9.96. The summed E-state index contributed by atoms with van der Waals surface area (Å²) in [6.07, 6.45) is -3.39. The molecule has 0 unspecified atom stereocenters. The van der Waals surface area contributed by atoms with Crippen LogP contribution in [-0.2, 0) is 12.6 Å². The van der Waals surface area contributed by atoms with Crippen LogP contribution in [0.1, 0.15) is 28.2 Å². The minimum atomic E-state index is -4.39. The third kappa shape index (κ3) is 5.22. The number of hydrogen-bond acceptors (Lipinski definition) is 5. The van der Waals surface area contributed by atoms with Gasteiger partial charge in [0.1, 0.15) is 11.5 Å². The van der Waals surface area contributed by atoms with Gasteiger partial charge in [-0.15, -0.1) is 5.10 Å². The number of benzene rings is 2. The van der Waals surface area contributed by atoms with Crippen LogP contribution < -0.4 is 4.74 Å². The van der Waals surface area contributed by atoms with Crippen LogP contribution in [0.4, 0.5) is 13.2 Å². The monoisotopic (exact) mass is 457 g/mol. The first kappa shape index (κ1) is 22.1. The van der Waals surface area contributed by atoms with Crippen LogP contribution in [0.25, 0.3) is 16.9 Å². The average Bonchev–Trinajstić information content (AvgIpc) is 3.44. The number of carboxylic acid groups (broad SMARTS) is 1. The predicted octanol–water partition coefficient (Wildman–Crippen LogP) is 5.26. The molecule has 33 heavy (non-hydrogen) atoms. The number of aryl methyl sites for hydroxylation is 1. The maximum atomic E-state index is 12.7. The number of para-hydroxylation sites is 1. The van der Waals surface area contributed by atoms with Crippen molar-refractivity contribution in [1.29, 1.82) is 0 Å². The van der Waals surface area contributed by atoms with E-state index in [4.69, 9.17) is 9.26 Å². The number of carboxylic acids is 1. The van der Waals surface area contributed by atoms with Gasteiger partial charge < -0.3 is 14.4 Å². The van der Waals surface area contributed by atoms with Crippen molar-refractivity contribution in [2.24, 2.45) is 0 Å². The number of halogens is 3. The average molecular weight is 457 g/mol. The number of ether oxygens (including phenoxy) is 1. The fraction of sp³-hybridized carbons (Fsp3) is 0.174. The number of aromatic carboxylic acids is 1. The van der Waals surface area contributed by atoms with Crippen molar-refractivity contribution in [3.63, 3.8) is 0 Å². The molecule has 7 nitrogen and oxygen atoms in total. The molecule has 2 aromatic carbocycles. The highest BCUT2D eigenvalue weighted by Crippen LogP contribution is 2.31. The standard InChI is InChI=1S/C23H18F3N3O4/c24-23(25,26)16-10-8-15(9-11-16)19-13-18(33-28-19)7-4-12-32-21-14-20(22(30)31)29(27-21)17-5-2-1-3-6-17/h1-3,5-6,8-11,13-14H,4,7,12H2,(H,30,31). The quantitative estimate of drug-likeness (QED) is 0.363. The number of aromatic nitrogens is 3. The molecule has 0 aliphatic carbocycles. The molecule has 0 saturated carbocycles. The van der Waals surface area contributed by atoms with Gasteiger partial charge in [-0.25, -0.2) is 9.48 Å². The fourth-order valence-electron chi connectivity index (χ4n) is 3.17. The van der Waals surface area contributed by atoms with E-state index in [-0.39, 0.29) is 18.2 Å². The highest BCUT2D eigenvalue weighted by molar-refractivity contribution is 5.86. The summed E-state index contributed by atoms with van der Waals surface area (Å²) in [5.74, 6) is -0.396. The Labute approximate surface area is 186 Å². The lowest BCUT2D eigenvalue weighted by Gasteiger charge is -2.06. The summed E-state index contributed by atoms with van der Waals surface area (Å²) in [6.45, 7) is 0.251. The van der Waals surface area contributed by atoms with Gasteiger partial charge in [-0.1, -0.05) is 35.5 Å².